The second-order valence-electron chi connectivity index (χ2n) is 4.06. The number of thiophene rings is 1. The molecule has 2 N–H and O–H groups in total. The number of hydrazine groups is 1. The third kappa shape index (κ3) is 1.24. The first-order valence-electron chi connectivity index (χ1n) is 5.05. The molecule has 0 bridgehead atoms. The SMILES string of the molecule is CN1N[C@H](c2cccs2)[C@H]2C(=O)NC(=O)[C@@H]21. The normalized spacial score (nSPS) is 34.2. The van der Waals surface area contributed by atoms with Crippen LogP contribution in [0.2, 0.25) is 0 Å². The van der Waals surface area contributed by atoms with Gasteiger partial charge in [-0.1, -0.05) is 6.07 Å². The summed E-state index contributed by atoms with van der Waals surface area (Å²) >= 11 is 1.59. The molecular formula is C10H11N3O2S. The molecule has 2 saturated heterocycles. The first kappa shape index (κ1) is 9.95. The fraction of sp³-hybridized carbons (Fsp3) is 0.400. The minimum Gasteiger partial charge on any atom is -0.295 e. The molecule has 3 rings (SSSR count). The number of hydrogen-bond acceptors (Lipinski definition) is 5. The second kappa shape index (κ2) is 3.38. The van der Waals surface area contributed by atoms with Gasteiger partial charge < -0.3 is 0 Å². The van der Waals surface area contributed by atoms with Gasteiger partial charge >= 0.3 is 0 Å². The van der Waals surface area contributed by atoms with E-state index in [2.05, 4.69) is 10.7 Å². The Morgan fingerprint density at radius 2 is 2.19 bits per heavy atom. The van der Waals surface area contributed by atoms with E-state index in [4.69, 9.17) is 0 Å². The Morgan fingerprint density at radius 3 is 2.88 bits per heavy atom. The lowest BCUT2D eigenvalue weighted by Gasteiger charge is -2.15. The maximum atomic E-state index is 11.7. The van der Waals surface area contributed by atoms with E-state index >= 15 is 0 Å². The highest BCUT2D eigenvalue weighted by molar-refractivity contribution is 7.10. The van der Waals surface area contributed by atoms with Gasteiger partial charge in [-0.3, -0.25) is 14.9 Å². The van der Waals surface area contributed by atoms with E-state index in [1.54, 1.807) is 23.4 Å². The van der Waals surface area contributed by atoms with Crippen molar-refractivity contribution in [3.63, 3.8) is 0 Å². The van der Waals surface area contributed by atoms with Gasteiger partial charge in [-0.2, -0.15) is 0 Å². The zero-order valence-electron chi connectivity index (χ0n) is 8.64. The van der Waals surface area contributed by atoms with Gasteiger partial charge in [0.05, 0.1) is 12.0 Å². The number of carbonyl (C=O) groups excluding carboxylic acids is 2. The molecule has 0 saturated carbocycles. The van der Waals surface area contributed by atoms with Crippen molar-refractivity contribution in [3.05, 3.63) is 22.4 Å². The molecule has 0 radical (unpaired) electrons. The van der Waals surface area contributed by atoms with Crippen molar-refractivity contribution in [1.29, 1.82) is 0 Å². The molecule has 2 aliphatic heterocycles. The molecule has 1 aromatic heterocycles. The van der Waals surface area contributed by atoms with Crippen LogP contribution >= 0.6 is 11.3 Å². The number of amides is 2. The van der Waals surface area contributed by atoms with E-state index in [0.29, 0.717) is 0 Å². The molecule has 6 heteroatoms. The smallest absolute Gasteiger partial charge is 0.246 e. The highest BCUT2D eigenvalue weighted by Gasteiger charge is 2.53. The Hall–Kier alpha value is -1.24. The van der Waals surface area contributed by atoms with Crippen molar-refractivity contribution in [2.45, 2.75) is 12.1 Å². The third-order valence-corrected chi connectivity index (χ3v) is 4.08. The van der Waals surface area contributed by atoms with Crippen molar-refractivity contribution in [2.75, 3.05) is 7.05 Å². The van der Waals surface area contributed by atoms with Gasteiger partial charge in [0.1, 0.15) is 6.04 Å². The summed E-state index contributed by atoms with van der Waals surface area (Å²) < 4.78 is 0. The Bertz CT molecular complexity index is 445. The predicted molar refractivity (Wildman–Crippen MR) is 58.4 cm³/mol. The van der Waals surface area contributed by atoms with Crippen LogP contribution in [0.4, 0.5) is 0 Å². The van der Waals surface area contributed by atoms with Crippen LogP contribution in [0.3, 0.4) is 0 Å². The molecule has 0 spiro atoms. The minimum atomic E-state index is -0.375. The maximum absolute atomic E-state index is 11.7. The summed E-state index contributed by atoms with van der Waals surface area (Å²) in [6.45, 7) is 0. The standard InChI is InChI=1S/C10H11N3O2S/c1-13-8-6(9(14)11-10(8)15)7(12-13)5-3-2-4-16-5/h2-4,6-8,12H,1H3,(H,11,14,15)/t6-,7-,8-/m1/s1. The van der Waals surface area contributed by atoms with Gasteiger partial charge in [-0.05, 0) is 11.4 Å². The molecule has 0 aliphatic carbocycles. The van der Waals surface area contributed by atoms with Crippen molar-refractivity contribution in [3.8, 4) is 0 Å². The summed E-state index contributed by atoms with van der Waals surface area (Å²) in [6, 6.07) is 3.47. The fourth-order valence-corrected chi connectivity index (χ4v) is 3.24. The molecule has 84 valence electrons. The number of rotatable bonds is 1. The van der Waals surface area contributed by atoms with E-state index < -0.39 is 0 Å². The lowest BCUT2D eigenvalue weighted by Crippen LogP contribution is -2.41. The van der Waals surface area contributed by atoms with Crippen LogP contribution in [0.5, 0.6) is 0 Å². The molecule has 5 nitrogen and oxygen atoms in total. The van der Waals surface area contributed by atoms with Crippen LogP contribution in [0.15, 0.2) is 17.5 Å². The van der Waals surface area contributed by atoms with Crippen molar-refractivity contribution in [1.82, 2.24) is 15.8 Å². The van der Waals surface area contributed by atoms with Crippen LogP contribution in [-0.4, -0.2) is 29.9 Å². The van der Waals surface area contributed by atoms with E-state index in [-0.39, 0.29) is 29.8 Å². The summed E-state index contributed by atoms with van der Waals surface area (Å²) in [5.74, 6) is -0.689. The molecule has 3 atom stereocenters. The highest BCUT2D eigenvalue weighted by atomic mass is 32.1. The first-order valence-corrected chi connectivity index (χ1v) is 5.93. The van der Waals surface area contributed by atoms with Crippen molar-refractivity contribution >= 4 is 23.2 Å². The molecule has 0 unspecified atom stereocenters. The second-order valence-corrected chi connectivity index (χ2v) is 5.04. The lowest BCUT2D eigenvalue weighted by molar-refractivity contribution is -0.127. The third-order valence-electron chi connectivity index (χ3n) is 3.13. The highest BCUT2D eigenvalue weighted by Crippen LogP contribution is 2.37. The summed E-state index contributed by atoms with van der Waals surface area (Å²) in [4.78, 5) is 24.4. The van der Waals surface area contributed by atoms with Gasteiger partial charge in [0.2, 0.25) is 11.8 Å². The zero-order valence-corrected chi connectivity index (χ0v) is 9.45. The Labute approximate surface area is 96.4 Å². The van der Waals surface area contributed by atoms with E-state index in [0.717, 1.165) is 4.88 Å². The quantitative estimate of drug-likeness (QED) is 0.669. The van der Waals surface area contributed by atoms with Gasteiger partial charge in [-0.15, -0.1) is 11.3 Å². The molecule has 2 amide bonds. The molecule has 1 aromatic rings. The summed E-state index contributed by atoms with van der Waals surface area (Å²) in [7, 11) is 1.80. The molecule has 16 heavy (non-hydrogen) atoms. The topological polar surface area (TPSA) is 61.4 Å². The molecular weight excluding hydrogens is 226 g/mol. The number of imide groups is 1. The van der Waals surface area contributed by atoms with Crippen LogP contribution in [-0.2, 0) is 9.59 Å². The number of likely N-dealkylation sites (N-methyl/N-ethyl adjacent to an activating group) is 1. The van der Waals surface area contributed by atoms with E-state index in [1.807, 2.05) is 17.5 Å². The number of nitrogens with one attached hydrogen (secondary N) is 2. The van der Waals surface area contributed by atoms with E-state index in [1.165, 1.54) is 0 Å². The monoisotopic (exact) mass is 237 g/mol. The number of carbonyl (C=O) groups is 2. The number of nitrogens with zero attached hydrogens (tertiary/aromatic N) is 1. The average Bonchev–Trinajstić information content (AvgIpc) is 2.87. The Morgan fingerprint density at radius 1 is 1.38 bits per heavy atom. The Kier molecular flexibility index (Phi) is 2.10. The van der Waals surface area contributed by atoms with Gasteiger partial charge in [0.15, 0.2) is 0 Å². The number of hydrogen-bond donors (Lipinski definition) is 2. The lowest BCUT2D eigenvalue weighted by atomic mass is 9.95. The Balaban J connectivity index is 1.99. The van der Waals surface area contributed by atoms with Gasteiger partial charge in [-0.25, -0.2) is 10.4 Å². The predicted octanol–water partition coefficient (Wildman–Crippen LogP) is -0.120. The number of fused-ring (bicyclic) bond motifs is 1. The van der Waals surface area contributed by atoms with Crippen molar-refractivity contribution < 1.29 is 9.59 Å². The maximum Gasteiger partial charge on any atom is 0.246 e. The molecule has 0 aromatic carbocycles. The fourth-order valence-electron chi connectivity index (χ4n) is 2.42. The van der Waals surface area contributed by atoms with Gasteiger partial charge in [0, 0.05) is 11.9 Å². The van der Waals surface area contributed by atoms with Crippen LogP contribution < -0.4 is 10.7 Å². The average molecular weight is 237 g/mol. The first-order chi connectivity index (χ1) is 7.68. The molecule has 3 heterocycles. The summed E-state index contributed by atoms with van der Waals surface area (Å²) in [5.41, 5.74) is 3.18. The van der Waals surface area contributed by atoms with Gasteiger partial charge in [0.25, 0.3) is 0 Å². The molecule has 2 fully saturated rings. The largest absolute Gasteiger partial charge is 0.295 e. The molecule has 2 aliphatic rings. The van der Waals surface area contributed by atoms with Crippen LogP contribution in [0.1, 0.15) is 10.9 Å². The summed E-state index contributed by atoms with van der Waals surface area (Å²) in [5, 5.41) is 6.09. The van der Waals surface area contributed by atoms with Crippen LogP contribution in [0.25, 0.3) is 0 Å². The summed E-state index contributed by atoms with van der Waals surface area (Å²) in [6.07, 6.45) is 0. The van der Waals surface area contributed by atoms with Crippen LogP contribution in [0, 0.1) is 5.92 Å². The van der Waals surface area contributed by atoms with Crippen molar-refractivity contribution in [2.24, 2.45) is 5.92 Å². The zero-order chi connectivity index (χ0) is 11.3. The van der Waals surface area contributed by atoms with E-state index in [9.17, 15) is 9.59 Å². The minimum absolute atomic E-state index is 0.0820.